The molecule has 100 valence electrons. The van der Waals surface area contributed by atoms with Gasteiger partial charge in [-0.15, -0.1) is 0 Å². The zero-order chi connectivity index (χ0) is 14.2. The van der Waals surface area contributed by atoms with Gasteiger partial charge in [-0.1, -0.05) is 20.8 Å². The van der Waals surface area contributed by atoms with Gasteiger partial charge in [0.1, 0.15) is 6.42 Å². The van der Waals surface area contributed by atoms with Crippen LogP contribution in [-0.4, -0.2) is 17.6 Å². The van der Waals surface area contributed by atoms with Gasteiger partial charge in [0, 0.05) is 11.0 Å². The minimum Gasteiger partial charge on any atom is -0.324 e. The van der Waals surface area contributed by atoms with E-state index in [-0.39, 0.29) is 24.0 Å². The van der Waals surface area contributed by atoms with Gasteiger partial charge < -0.3 is 10.6 Å². The van der Waals surface area contributed by atoms with Crippen molar-refractivity contribution in [3.8, 4) is 0 Å². The van der Waals surface area contributed by atoms with E-state index in [1.54, 1.807) is 18.2 Å². The monoisotopic (exact) mass is 260 g/mol. The second-order valence-electron chi connectivity index (χ2n) is 5.61. The summed E-state index contributed by atoms with van der Waals surface area (Å²) in [5.41, 5.74) is 1.00. The lowest BCUT2D eigenvalue weighted by Gasteiger charge is -2.17. The van der Waals surface area contributed by atoms with Gasteiger partial charge >= 0.3 is 0 Å². The summed E-state index contributed by atoms with van der Waals surface area (Å²) in [6, 6.07) is 4.90. The summed E-state index contributed by atoms with van der Waals surface area (Å²) in [5.74, 6) is -0.747. The van der Waals surface area contributed by atoms with Crippen molar-refractivity contribution in [1.29, 1.82) is 0 Å². The molecule has 0 radical (unpaired) electrons. The van der Waals surface area contributed by atoms with Crippen molar-refractivity contribution in [2.24, 2.45) is 5.41 Å². The molecule has 0 aliphatic carbocycles. The Hall–Kier alpha value is -2.17. The maximum atomic E-state index is 12.2. The third-order valence-corrected chi connectivity index (χ3v) is 2.83. The number of benzene rings is 1. The topological polar surface area (TPSA) is 75.3 Å². The number of anilines is 2. The average molecular weight is 260 g/mol. The molecule has 1 aliphatic heterocycles. The molecule has 1 aromatic carbocycles. The normalized spacial score (nSPS) is 15.1. The highest BCUT2D eigenvalue weighted by atomic mass is 16.2. The zero-order valence-electron chi connectivity index (χ0n) is 11.2. The van der Waals surface area contributed by atoms with E-state index >= 15 is 0 Å². The number of rotatable bonds is 1. The molecule has 5 nitrogen and oxygen atoms in total. The Bertz CT molecular complexity index is 571. The molecule has 0 spiro atoms. The Kier molecular flexibility index (Phi) is 3.14. The highest BCUT2D eigenvalue weighted by molar-refractivity contribution is 6.14. The van der Waals surface area contributed by atoms with Crippen LogP contribution >= 0.6 is 0 Å². The van der Waals surface area contributed by atoms with Crippen LogP contribution in [0.25, 0.3) is 0 Å². The number of ketones is 1. The molecule has 1 aromatic rings. The molecule has 0 aromatic heterocycles. The quantitative estimate of drug-likeness (QED) is 0.600. The second-order valence-corrected chi connectivity index (χ2v) is 5.61. The summed E-state index contributed by atoms with van der Waals surface area (Å²) < 4.78 is 0. The third kappa shape index (κ3) is 2.81. The van der Waals surface area contributed by atoms with Gasteiger partial charge in [-0.2, -0.15) is 0 Å². The first kappa shape index (κ1) is 13.3. The Morgan fingerprint density at radius 3 is 2.21 bits per heavy atom. The van der Waals surface area contributed by atoms with Crippen LogP contribution in [-0.2, 0) is 9.59 Å². The molecule has 0 saturated carbocycles. The molecule has 2 N–H and O–H groups in total. The number of carbonyl (C=O) groups is 3. The molecule has 0 bridgehead atoms. The fraction of sp³-hybridized carbons (Fsp3) is 0.357. The highest BCUT2D eigenvalue weighted by Gasteiger charge is 2.25. The lowest BCUT2D eigenvalue weighted by Crippen LogP contribution is -2.20. The number of fused-ring (bicyclic) bond motifs is 1. The van der Waals surface area contributed by atoms with Crippen molar-refractivity contribution in [1.82, 2.24) is 0 Å². The van der Waals surface area contributed by atoms with Crippen LogP contribution in [0.5, 0.6) is 0 Å². The predicted molar refractivity (Wildman–Crippen MR) is 72.1 cm³/mol. The fourth-order valence-corrected chi connectivity index (χ4v) is 1.87. The highest BCUT2D eigenvalue weighted by Crippen LogP contribution is 2.29. The second kappa shape index (κ2) is 4.50. The summed E-state index contributed by atoms with van der Waals surface area (Å²) in [5, 5.41) is 5.25. The molecule has 0 fully saturated rings. The van der Waals surface area contributed by atoms with Crippen LogP contribution in [0.15, 0.2) is 18.2 Å². The van der Waals surface area contributed by atoms with Crippen LogP contribution < -0.4 is 10.6 Å². The molecular formula is C14H16N2O3. The Morgan fingerprint density at radius 1 is 1.05 bits per heavy atom. The first-order chi connectivity index (χ1) is 8.77. The summed E-state index contributed by atoms with van der Waals surface area (Å²) in [7, 11) is 0. The maximum absolute atomic E-state index is 12.2. The minimum atomic E-state index is -0.494. The van der Waals surface area contributed by atoms with Gasteiger partial charge in [0.05, 0.1) is 11.4 Å². The van der Waals surface area contributed by atoms with E-state index < -0.39 is 5.41 Å². The van der Waals surface area contributed by atoms with Gasteiger partial charge in [-0.3, -0.25) is 14.4 Å². The summed E-state index contributed by atoms with van der Waals surface area (Å²) in [6.07, 6.45) is -0.211. The Balaban J connectivity index is 2.41. The van der Waals surface area contributed by atoms with Crippen LogP contribution in [0.3, 0.4) is 0 Å². The van der Waals surface area contributed by atoms with E-state index in [4.69, 9.17) is 0 Å². The first-order valence-corrected chi connectivity index (χ1v) is 6.06. The fourth-order valence-electron chi connectivity index (χ4n) is 1.87. The van der Waals surface area contributed by atoms with Crippen LogP contribution in [0, 0.1) is 5.41 Å². The number of hydrogen-bond acceptors (Lipinski definition) is 3. The smallest absolute Gasteiger partial charge is 0.233 e. The van der Waals surface area contributed by atoms with Crippen molar-refractivity contribution in [2.45, 2.75) is 27.2 Å². The van der Waals surface area contributed by atoms with Gasteiger partial charge in [-0.25, -0.2) is 0 Å². The molecule has 0 atom stereocenters. The lowest BCUT2D eigenvalue weighted by atomic mass is 9.86. The largest absolute Gasteiger partial charge is 0.324 e. The van der Waals surface area contributed by atoms with E-state index in [1.807, 2.05) is 20.8 Å². The minimum absolute atomic E-state index is 0.0138. The van der Waals surface area contributed by atoms with Gasteiger partial charge in [-0.05, 0) is 18.2 Å². The van der Waals surface area contributed by atoms with E-state index in [0.29, 0.717) is 16.9 Å². The molecule has 1 aliphatic rings. The number of nitrogens with one attached hydrogen (secondary N) is 2. The molecule has 5 heteroatoms. The predicted octanol–water partition coefficient (Wildman–Crippen LogP) is 2.20. The number of amides is 2. The zero-order valence-corrected chi connectivity index (χ0v) is 11.2. The summed E-state index contributed by atoms with van der Waals surface area (Å²) in [4.78, 5) is 35.1. The van der Waals surface area contributed by atoms with Crippen LogP contribution in [0.1, 0.15) is 37.6 Å². The van der Waals surface area contributed by atoms with E-state index in [9.17, 15) is 14.4 Å². The van der Waals surface area contributed by atoms with E-state index in [2.05, 4.69) is 10.6 Å². The molecule has 0 saturated heterocycles. The van der Waals surface area contributed by atoms with E-state index in [0.717, 1.165) is 0 Å². The number of carbonyl (C=O) groups excluding carboxylic acids is 3. The molecule has 2 amide bonds. The Morgan fingerprint density at radius 2 is 1.63 bits per heavy atom. The lowest BCUT2D eigenvalue weighted by molar-refractivity contribution is -0.123. The number of Topliss-reactive ketones (excluding diaryl/α,β-unsaturated/α-hetero) is 1. The van der Waals surface area contributed by atoms with Crippen molar-refractivity contribution in [3.63, 3.8) is 0 Å². The third-order valence-electron chi connectivity index (χ3n) is 2.83. The van der Waals surface area contributed by atoms with Gasteiger partial charge in [0.25, 0.3) is 0 Å². The molecule has 1 heterocycles. The van der Waals surface area contributed by atoms with Gasteiger partial charge in [0.15, 0.2) is 5.78 Å². The SMILES string of the molecule is CC(C)(C)C(=O)c1ccc2c(c1)NC(=O)CC(=O)N2. The summed E-state index contributed by atoms with van der Waals surface area (Å²) in [6.45, 7) is 5.50. The number of hydrogen-bond donors (Lipinski definition) is 2. The van der Waals surface area contributed by atoms with Crippen molar-refractivity contribution >= 4 is 29.0 Å². The summed E-state index contributed by atoms with van der Waals surface area (Å²) >= 11 is 0. The Labute approximate surface area is 111 Å². The molecule has 0 unspecified atom stereocenters. The van der Waals surface area contributed by atoms with Crippen LogP contribution in [0.4, 0.5) is 11.4 Å². The standard InChI is InChI=1S/C14H16N2O3/c1-14(2,3)13(19)8-4-5-9-10(6-8)16-12(18)7-11(17)15-9/h4-6H,7H2,1-3H3,(H,15,17)(H,16,18). The first-order valence-electron chi connectivity index (χ1n) is 6.06. The average Bonchev–Trinajstić information content (AvgIpc) is 2.42. The molecule has 2 rings (SSSR count). The van der Waals surface area contributed by atoms with Crippen molar-refractivity contribution < 1.29 is 14.4 Å². The van der Waals surface area contributed by atoms with Crippen molar-refractivity contribution in [3.05, 3.63) is 23.8 Å². The van der Waals surface area contributed by atoms with Crippen LogP contribution in [0.2, 0.25) is 0 Å². The van der Waals surface area contributed by atoms with Crippen molar-refractivity contribution in [2.75, 3.05) is 10.6 Å². The molecule has 19 heavy (non-hydrogen) atoms. The van der Waals surface area contributed by atoms with Gasteiger partial charge in [0.2, 0.25) is 11.8 Å². The maximum Gasteiger partial charge on any atom is 0.233 e. The molecular weight excluding hydrogens is 244 g/mol. The van der Waals surface area contributed by atoms with E-state index in [1.165, 1.54) is 0 Å².